The maximum atomic E-state index is 14.1. The molecule has 146 valence electrons. The lowest BCUT2D eigenvalue weighted by Crippen LogP contribution is -2.36. The van der Waals surface area contributed by atoms with E-state index in [0.29, 0.717) is 40.7 Å². The summed E-state index contributed by atoms with van der Waals surface area (Å²) in [7, 11) is 0. The van der Waals surface area contributed by atoms with Crippen molar-refractivity contribution < 1.29 is 19.0 Å². The van der Waals surface area contributed by atoms with E-state index in [1.807, 2.05) is 6.92 Å². The van der Waals surface area contributed by atoms with Gasteiger partial charge in [-0.2, -0.15) is 5.10 Å². The summed E-state index contributed by atoms with van der Waals surface area (Å²) in [5.41, 5.74) is 7.11. The molecule has 0 saturated carbocycles. The second-order valence-electron chi connectivity index (χ2n) is 6.56. The summed E-state index contributed by atoms with van der Waals surface area (Å²) in [5.74, 6) is 0.801. The Morgan fingerprint density at radius 2 is 2.36 bits per heavy atom. The number of nitrogens with one attached hydrogen (secondary N) is 1. The summed E-state index contributed by atoms with van der Waals surface area (Å²) in [6.45, 7) is 5.97. The van der Waals surface area contributed by atoms with Crippen molar-refractivity contribution in [3.63, 3.8) is 0 Å². The second-order valence-corrected chi connectivity index (χ2v) is 6.56. The minimum atomic E-state index is -0.429. The first kappa shape index (κ1) is 18.1. The molecule has 2 atom stereocenters. The summed E-state index contributed by atoms with van der Waals surface area (Å²) in [6.07, 6.45) is 2.89. The summed E-state index contributed by atoms with van der Waals surface area (Å²) in [5, 5.41) is 17.0. The standard InChI is InChI=1S/C19H20FN5O3/c1-10(14-5-12(20)6-16-18(14)27-9-13(7-21)28-16)23-17-3-4-25-19(24-17)15(8-22-25)11(2)26/h3-6,8,10,13,26H,2,7,9,21H2,1H3,(H,23,24)/t10?,13-/m0/s1. The molecule has 4 rings (SSSR count). The Hall–Kier alpha value is -3.33. The molecule has 0 radical (unpaired) electrons. The first-order valence-corrected chi connectivity index (χ1v) is 8.78. The van der Waals surface area contributed by atoms with Crippen LogP contribution in [0.15, 0.2) is 37.2 Å². The van der Waals surface area contributed by atoms with Crippen molar-refractivity contribution in [1.29, 1.82) is 0 Å². The summed E-state index contributed by atoms with van der Waals surface area (Å²) in [4.78, 5) is 4.47. The molecular formula is C19H20FN5O3. The SMILES string of the molecule is C=C(O)c1cnn2ccc(NC(C)c3cc(F)cc4c3OC[C@H](CN)O4)nc12. The number of aromatic nitrogens is 3. The number of benzene rings is 1. The van der Waals surface area contributed by atoms with Gasteiger partial charge in [0.25, 0.3) is 0 Å². The zero-order valence-electron chi connectivity index (χ0n) is 15.2. The maximum Gasteiger partial charge on any atom is 0.168 e. The molecule has 1 aliphatic rings. The van der Waals surface area contributed by atoms with Gasteiger partial charge in [-0.05, 0) is 19.1 Å². The Labute approximate surface area is 160 Å². The first-order chi connectivity index (χ1) is 13.5. The third-order valence-corrected chi connectivity index (χ3v) is 4.53. The number of rotatable bonds is 5. The number of hydrogen-bond donors (Lipinski definition) is 3. The fourth-order valence-electron chi connectivity index (χ4n) is 3.11. The van der Waals surface area contributed by atoms with Gasteiger partial charge in [0.05, 0.1) is 17.8 Å². The molecule has 4 N–H and O–H groups in total. The molecule has 9 heteroatoms. The van der Waals surface area contributed by atoms with Crippen molar-refractivity contribution in [1.82, 2.24) is 14.6 Å². The van der Waals surface area contributed by atoms with Crippen molar-refractivity contribution in [3.8, 4) is 11.5 Å². The average molecular weight is 385 g/mol. The van der Waals surface area contributed by atoms with E-state index in [-0.39, 0.29) is 24.4 Å². The molecule has 2 aromatic heterocycles. The summed E-state index contributed by atoms with van der Waals surface area (Å²) < 4.78 is 27.2. The summed E-state index contributed by atoms with van der Waals surface area (Å²) >= 11 is 0. The van der Waals surface area contributed by atoms with Crippen LogP contribution in [0.4, 0.5) is 10.2 Å². The van der Waals surface area contributed by atoms with Gasteiger partial charge < -0.3 is 25.6 Å². The van der Waals surface area contributed by atoms with E-state index in [1.54, 1.807) is 12.3 Å². The fraction of sp³-hybridized carbons (Fsp3) is 0.263. The average Bonchev–Trinajstić information content (AvgIpc) is 3.10. The van der Waals surface area contributed by atoms with Crippen LogP contribution >= 0.6 is 0 Å². The van der Waals surface area contributed by atoms with Gasteiger partial charge in [0, 0.05) is 24.4 Å². The van der Waals surface area contributed by atoms with E-state index in [9.17, 15) is 9.50 Å². The van der Waals surface area contributed by atoms with Crippen LogP contribution in [0.2, 0.25) is 0 Å². The highest BCUT2D eigenvalue weighted by Gasteiger charge is 2.26. The van der Waals surface area contributed by atoms with Gasteiger partial charge >= 0.3 is 0 Å². The monoisotopic (exact) mass is 385 g/mol. The predicted molar refractivity (Wildman–Crippen MR) is 102 cm³/mol. The van der Waals surface area contributed by atoms with Gasteiger partial charge in [0.1, 0.15) is 30.1 Å². The van der Waals surface area contributed by atoms with Crippen molar-refractivity contribution >= 4 is 17.2 Å². The number of fused-ring (bicyclic) bond motifs is 2. The molecule has 3 heterocycles. The molecule has 1 aromatic carbocycles. The molecule has 8 nitrogen and oxygen atoms in total. The van der Waals surface area contributed by atoms with Crippen LogP contribution in [-0.4, -0.2) is 39.0 Å². The molecule has 1 aliphatic heterocycles. The number of aliphatic hydroxyl groups excluding tert-OH is 1. The van der Waals surface area contributed by atoms with Gasteiger partial charge in [-0.25, -0.2) is 13.9 Å². The molecule has 0 saturated heterocycles. The topological polar surface area (TPSA) is 107 Å². The van der Waals surface area contributed by atoms with E-state index in [2.05, 4.69) is 22.0 Å². The number of aliphatic hydroxyl groups is 1. The van der Waals surface area contributed by atoms with Gasteiger partial charge in [-0.1, -0.05) is 6.58 Å². The van der Waals surface area contributed by atoms with Crippen molar-refractivity contribution in [2.75, 3.05) is 18.5 Å². The Kier molecular flexibility index (Phi) is 4.52. The van der Waals surface area contributed by atoms with Crippen LogP contribution in [-0.2, 0) is 0 Å². The molecule has 28 heavy (non-hydrogen) atoms. The Bertz CT molecular complexity index is 1050. The number of ether oxygens (including phenoxy) is 2. The van der Waals surface area contributed by atoms with E-state index < -0.39 is 5.82 Å². The Balaban J connectivity index is 1.65. The van der Waals surface area contributed by atoms with Gasteiger partial charge in [0.15, 0.2) is 17.1 Å². The molecule has 0 bridgehead atoms. The first-order valence-electron chi connectivity index (χ1n) is 8.78. The number of hydrogen-bond acceptors (Lipinski definition) is 7. The van der Waals surface area contributed by atoms with E-state index in [4.69, 9.17) is 15.2 Å². The van der Waals surface area contributed by atoms with Gasteiger partial charge in [0.2, 0.25) is 0 Å². The lowest BCUT2D eigenvalue weighted by Gasteiger charge is -2.29. The number of nitrogens with zero attached hydrogens (tertiary/aromatic N) is 3. The third kappa shape index (κ3) is 3.20. The quantitative estimate of drug-likeness (QED) is 0.580. The number of halogens is 1. The van der Waals surface area contributed by atoms with E-state index in [0.717, 1.165) is 0 Å². The van der Waals surface area contributed by atoms with Crippen LogP contribution in [0.25, 0.3) is 11.4 Å². The zero-order valence-corrected chi connectivity index (χ0v) is 15.2. The van der Waals surface area contributed by atoms with Crippen molar-refractivity contribution in [2.24, 2.45) is 5.73 Å². The maximum absolute atomic E-state index is 14.1. The highest BCUT2D eigenvalue weighted by atomic mass is 19.1. The lowest BCUT2D eigenvalue weighted by molar-refractivity contribution is 0.0949. The smallest absolute Gasteiger partial charge is 0.168 e. The third-order valence-electron chi connectivity index (χ3n) is 4.53. The molecule has 0 spiro atoms. The number of nitrogens with two attached hydrogens (primary N) is 1. The van der Waals surface area contributed by atoms with Gasteiger partial charge in [-0.15, -0.1) is 0 Å². The molecular weight excluding hydrogens is 365 g/mol. The highest BCUT2D eigenvalue weighted by molar-refractivity contribution is 5.70. The minimum absolute atomic E-state index is 0.119. The van der Waals surface area contributed by atoms with Crippen molar-refractivity contribution in [2.45, 2.75) is 19.1 Å². The van der Waals surface area contributed by atoms with Crippen LogP contribution in [0.1, 0.15) is 24.1 Å². The Morgan fingerprint density at radius 1 is 1.54 bits per heavy atom. The second kappa shape index (κ2) is 7.01. The Morgan fingerprint density at radius 3 is 3.11 bits per heavy atom. The fourth-order valence-corrected chi connectivity index (χ4v) is 3.11. The van der Waals surface area contributed by atoms with Crippen LogP contribution < -0.4 is 20.5 Å². The molecule has 3 aromatic rings. The molecule has 0 amide bonds. The normalized spacial score (nSPS) is 16.8. The van der Waals surface area contributed by atoms with E-state index in [1.165, 1.54) is 22.8 Å². The predicted octanol–water partition coefficient (Wildman–Crippen LogP) is 2.67. The van der Waals surface area contributed by atoms with Crippen molar-refractivity contribution in [3.05, 3.63) is 54.1 Å². The molecule has 1 unspecified atom stereocenters. The highest BCUT2D eigenvalue weighted by Crippen LogP contribution is 2.39. The van der Waals surface area contributed by atoms with Crippen LogP contribution in [0.3, 0.4) is 0 Å². The lowest BCUT2D eigenvalue weighted by atomic mass is 10.1. The van der Waals surface area contributed by atoms with Crippen LogP contribution in [0, 0.1) is 5.82 Å². The molecule has 0 fully saturated rings. The van der Waals surface area contributed by atoms with E-state index >= 15 is 0 Å². The summed E-state index contributed by atoms with van der Waals surface area (Å²) in [6, 6.07) is 4.10. The van der Waals surface area contributed by atoms with Crippen LogP contribution in [0.5, 0.6) is 11.5 Å². The largest absolute Gasteiger partial charge is 0.508 e. The van der Waals surface area contributed by atoms with Gasteiger partial charge in [-0.3, -0.25) is 0 Å². The minimum Gasteiger partial charge on any atom is -0.508 e. The molecule has 0 aliphatic carbocycles. The zero-order chi connectivity index (χ0) is 19.8. The number of anilines is 1.